The van der Waals surface area contributed by atoms with Crippen molar-refractivity contribution < 1.29 is 19.1 Å². The van der Waals surface area contributed by atoms with Crippen LogP contribution in [0.4, 0.5) is 5.69 Å². The summed E-state index contributed by atoms with van der Waals surface area (Å²) in [7, 11) is 1.54. The molecule has 1 fully saturated rings. The maximum absolute atomic E-state index is 13.7. The number of carbonyl (C=O) groups excluding carboxylic acids is 3. The van der Waals surface area contributed by atoms with Crippen LogP contribution < -0.4 is 20.3 Å². The number of ether oxygens (including phenoxy) is 1. The van der Waals surface area contributed by atoms with Gasteiger partial charge < -0.3 is 15.4 Å². The fraction of sp³-hybridized carbons (Fsp3) is 0.308. The Morgan fingerprint density at radius 1 is 1.11 bits per heavy atom. The molecule has 2 aromatic heterocycles. The number of rotatable bonds is 9. The van der Waals surface area contributed by atoms with Gasteiger partial charge in [-0.25, -0.2) is 0 Å². The van der Waals surface area contributed by atoms with E-state index >= 15 is 0 Å². The summed E-state index contributed by atoms with van der Waals surface area (Å²) in [6, 6.07) is 13.0. The average Bonchev–Trinajstić information content (AvgIpc) is 3.61. The largest absolute Gasteiger partial charge is 0.497 e. The normalized spacial score (nSPS) is 14.2. The highest BCUT2D eigenvalue weighted by Crippen LogP contribution is 2.31. The van der Waals surface area contributed by atoms with E-state index in [1.807, 2.05) is 0 Å². The summed E-state index contributed by atoms with van der Waals surface area (Å²) in [4.78, 5) is 45.8. The lowest BCUT2D eigenvalue weighted by molar-refractivity contribution is -0.126. The Morgan fingerprint density at radius 2 is 1.89 bits per heavy atom. The molecule has 182 valence electrons. The van der Waals surface area contributed by atoms with Crippen molar-refractivity contribution in [1.29, 1.82) is 0 Å². The van der Waals surface area contributed by atoms with Crippen molar-refractivity contribution >= 4 is 34.7 Å². The third kappa shape index (κ3) is 6.05. The molecule has 1 atom stereocenters. The summed E-state index contributed by atoms with van der Waals surface area (Å²) in [5, 5.41) is 7.61. The summed E-state index contributed by atoms with van der Waals surface area (Å²) >= 11 is 1.29. The van der Waals surface area contributed by atoms with Crippen molar-refractivity contribution in [3.8, 4) is 5.75 Å². The van der Waals surface area contributed by atoms with Crippen LogP contribution in [0.2, 0.25) is 0 Å². The number of hydrogen-bond acceptors (Lipinski definition) is 6. The van der Waals surface area contributed by atoms with Gasteiger partial charge >= 0.3 is 0 Å². The number of benzene rings is 1. The van der Waals surface area contributed by atoms with Crippen molar-refractivity contribution in [3.63, 3.8) is 0 Å². The van der Waals surface area contributed by atoms with Gasteiger partial charge in [0.2, 0.25) is 11.8 Å². The molecule has 35 heavy (non-hydrogen) atoms. The number of methoxy groups -OCH3 is 1. The number of nitrogens with zero attached hydrogens (tertiary/aromatic N) is 2. The Labute approximate surface area is 208 Å². The zero-order chi connectivity index (χ0) is 24.6. The van der Waals surface area contributed by atoms with E-state index in [-0.39, 0.29) is 24.4 Å². The highest BCUT2D eigenvalue weighted by molar-refractivity contribution is 7.12. The molecule has 3 amide bonds. The molecule has 1 aliphatic rings. The number of nitrogens with one attached hydrogen (secondary N) is 2. The number of hydrogen-bond donors (Lipinski definition) is 2. The molecule has 0 aliphatic heterocycles. The Morgan fingerprint density at radius 3 is 2.57 bits per heavy atom. The minimum atomic E-state index is -0.947. The highest BCUT2D eigenvalue weighted by atomic mass is 32.1. The molecule has 4 rings (SSSR count). The molecule has 3 aromatic rings. The van der Waals surface area contributed by atoms with Crippen molar-refractivity contribution in [1.82, 2.24) is 15.6 Å². The number of anilines is 1. The predicted octanol–water partition coefficient (Wildman–Crippen LogP) is 3.71. The van der Waals surface area contributed by atoms with Crippen LogP contribution in [-0.2, 0) is 9.59 Å². The maximum Gasteiger partial charge on any atom is 0.261 e. The first-order chi connectivity index (χ1) is 17.1. The van der Waals surface area contributed by atoms with Crippen LogP contribution in [0.25, 0.3) is 0 Å². The molecule has 2 heterocycles. The van der Waals surface area contributed by atoms with Gasteiger partial charge in [0.25, 0.3) is 5.91 Å². The van der Waals surface area contributed by atoms with Gasteiger partial charge in [0.15, 0.2) is 0 Å². The van der Waals surface area contributed by atoms with Crippen LogP contribution in [0.1, 0.15) is 47.0 Å². The zero-order valence-electron chi connectivity index (χ0n) is 19.5. The van der Waals surface area contributed by atoms with Crippen molar-refractivity contribution in [3.05, 3.63) is 76.7 Å². The van der Waals surface area contributed by atoms with Gasteiger partial charge in [0, 0.05) is 30.2 Å². The summed E-state index contributed by atoms with van der Waals surface area (Å²) in [6.07, 6.45) is 7.16. The molecule has 8 nitrogen and oxygen atoms in total. The number of carbonyl (C=O) groups is 3. The lowest BCUT2D eigenvalue weighted by Crippen LogP contribution is -2.49. The summed E-state index contributed by atoms with van der Waals surface area (Å²) < 4.78 is 5.37. The molecule has 0 spiro atoms. The monoisotopic (exact) mass is 492 g/mol. The number of amides is 3. The van der Waals surface area contributed by atoms with E-state index in [0.29, 0.717) is 21.9 Å². The predicted molar refractivity (Wildman–Crippen MR) is 135 cm³/mol. The van der Waals surface area contributed by atoms with E-state index in [2.05, 4.69) is 15.6 Å². The van der Waals surface area contributed by atoms with E-state index < -0.39 is 11.9 Å². The van der Waals surface area contributed by atoms with Crippen molar-refractivity contribution in [2.45, 2.75) is 37.8 Å². The standard InChI is InChI=1S/C26H28N4O4S/c1-34-21-9-4-8-20(16-21)30(23(31)17-28-25(32)22-10-5-15-35-22)24(18-11-13-27-14-12-18)26(33)29-19-6-2-3-7-19/h4-5,8-16,19,24H,2-3,6-7,17H2,1H3,(H,28,32)(H,29,33). The quantitative estimate of drug-likeness (QED) is 0.474. The fourth-order valence-corrected chi connectivity index (χ4v) is 4.89. The second-order valence-electron chi connectivity index (χ2n) is 8.30. The summed E-state index contributed by atoms with van der Waals surface area (Å²) in [5.74, 6) is -0.488. The highest BCUT2D eigenvalue weighted by Gasteiger charge is 2.34. The SMILES string of the molecule is COc1cccc(N(C(=O)CNC(=O)c2cccs2)C(C(=O)NC2CCCC2)c2ccncc2)c1. The molecule has 1 unspecified atom stereocenters. The average molecular weight is 493 g/mol. The summed E-state index contributed by atoms with van der Waals surface area (Å²) in [5.41, 5.74) is 1.11. The van der Waals surface area contributed by atoms with Crippen LogP contribution in [0.3, 0.4) is 0 Å². The molecule has 9 heteroatoms. The van der Waals surface area contributed by atoms with E-state index in [4.69, 9.17) is 4.74 Å². The molecule has 0 bridgehead atoms. The second-order valence-corrected chi connectivity index (χ2v) is 9.25. The molecular formula is C26H28N4O4S. The van der Waals surface area contributed by atoms with Gasteiger partial charge in [-0.1, -0.05) is 25.0 Å². The Balaban J connectivity index is 1.68. The lowest BCUT2D eigenvalue weighted by atomic mass is 10.0. The molecule has 1 aliphatic carbocycles. The topological polar surface area (TPSA) is 101 Å². The van der Waals surface area contributed by atoms with Gasteiger partial charge in [0.1, 0.15) is 11.8 Å². The smallest absolute Gasteiger partial charge is 0.261 e. The van der Waals surface area contributed by atoms with E-state index in [9.17, 15) is 14.4 Å². The van der Waals surface area contributed by atoms with Crippen LogP contribution >= 0.6 is 11.3 Å². The number of pyridine rings is 1. The van der Waals surface area contributed by atoms with Gasteiger partial charge in [-0.3, -0.25) is 24.3 Å². The Kier molecular flexibility index (Phi) is 8.10. The second kappa shape index (κ2) is 11.6. The number of thiophene rings is 1. The van der Waals surface area contributed by atoms with Crippen molar-refractivity contribution in [2.75, 3.05) is 18.6 Å². The molecule has 1 saturated carbocycles. The van der Waals surface area contributed by atoms with Crippen molar-refractivity contribution in [2.24, 2.45) is 0 Å². The molecule has 0 saturated heterocycles. The fourth-order valence-electron chi connectivity index (χ4n) is 4.25. The van der Waals surface area contributed by atoms with Gasteiger partial charge in [-0.2, -0.15) is 0 Å². The Hall–Kier alpha value is -3.72. The minimum Gasteiger partial charge on any atom is -0.497 e. The van der Waals surface area contributed by atoms with Crippen LogP contribution in [0.5, 0.6) is 5.75 Å². The number of aromatic nitrogens is 1. The molecular weight excluding hydrogens is 464 g/mol. The summed E-state index contributed by atoms with van der Waals surface area (Å²) in [6.45, 7) is -0.272. The van der Waals surface area contributed by atoms with Gasteiger partial charge in [-0.15, -0.1) is 11.3 Å². The molecule has 2 N–H and O–H groups in total. The Bertz CT molecular complexity index is 1150. The first kappa shape index (κ1) is 24.4. The van der Waals surface area contributed by atoms with E-state index in [1.54, 1.807) is 73.4 Å². The molecule has 1 aromatic carbocycles. The van der Waals surface area contributed by atoms with Gasteiger partial charge in [-0.05, 0) is 54.1 Å². The first-order valence-corrected chi connectivity index (χ1v) is 12.4. The van der Waals surface area contributed by atoms with Gasteiger partial charge in [0.05, 0.1) is 18.5 Å². The van der Waals surface area contributed by atoms with E-state index in [1.165, 1.54) is 16.2 Å². The maximum atomic E-state index is 13.7. The third-order valence-corrected chi connectivity index (χ3v) is 6.84. The lowest BCUT2D eigenvalue weighted by Gasteiger charge is -2.32. The minimum absolute atomic E-state index is 0.0765. The van der Waals surface area contributed by atoms with E-state index in [0.717, 1.165) is 25.7 Å². The van der Waals surface area contributed by atoms with Crippen LogP contribution in [-0.4, -0.2) is 42.4 Å². The third-order valence-electron chi connectivity index (χ3n) is 5.98. The molecule has 0 radical (unpaired) electrons. The first-order valence-electron chi connectivity index (χ1n) is 11.5. The van der Waals surface area contributed by atoms with Crippen LogP contribution in [0, 0.1) is 0 Å². The van der Waals surface area contributed by atoms with Crippen LogP contribution in [0.15, 0.2) is 66.3 Å². The zero-order valence-corrected chi connectivity index (χ0v) is 20.3.